The van der Waals surface area contributed by atoms with E-state index in [1.54, 1.807) is 14.1 Å². The first kappa shape index (κ1) is 14.6. The summed E-state index contributed by atoms with van der Waals surface area (Å²) in [7, 11) is 3.32. The molecule has 20 heavy (non-hydrogen) atoms. The molecule has 0 aliphatic carbocycles. The number of hydrogen-bond acceptors (Lipinski definition) is 4. The second-order valence-electron chi connectivity index (χ2n) is 4.58. The molecule has 0 saturated carbocycles. The Morgan fingerprint density at radius 2 is 2.15 bits per heavy atom. The van der Waals surface area contributed by atoms with Crippen molar-refractivity contribution in [3.8, 4) is 0 Å². The molecule has 0 aromatic heterocycles. The SMILES string of the molecule is CN=C1SC(CC(=O)Nc2ccccc2C)C(=O)N1C. The summed E-state index contributed by atoms with van der Waals surface area (Å²) in [6.45, 7) is 1.93. The number of carbonyl (C=O) groups is 2. The van der Waals surface area contributed by atoms with Crippen LogP contribution in [0, 0.1) is 6.92 Å². The van der Waals surface area contributed by atoms with Crippen LogP contribution in [0.4, 0.5) is 5.69 Å². The number of anilines is 1. The van der Waals surface area contributed by atoms with Crippen molar-refractivity contribution < 1.29 is 9.59 Å². The zero-order valence-corrected chi connectivity index (χ0v) is 12.5. The first-order valence-corrected chi connectivity index (χ1v) is 7.17. The average molecular weight is 291 g/mol. The van der Waals surface area contributed by atoms with Crippen molar-refractivity contribution in [3.63, 3.8) is 0 Å². The van der Waals surface area contributed by atoms with E-state index in [4.69, 9.17) is 0 Å². The second-order valence-corrected chi connectivity index (χ2v) is 5.75. The van der Waals surface area contributed by atoms with E-state index in [2.05, 4.69) is 10.3 Å². The van der Waals surface area contributed by atoms with Crippen LogP contribution in [-0.4, -0.2) is 41.2 Å². The van der Waals surface area contributed by atoms with E-state index in [1.807, 2.05) is 31.2 Å². The Bertz CT molecular complexity index is 571. The van der Waals surface area contributed by atoms with E-state index in [0.29, 0.717) is 5.17 Å². The van der Waals surface area contributed by atoms with Crippen LogP contribution in [0.5, 0.6) is 0 Å². The number of amidine groups is 1. The monoisotopic (exact) mass is 291 g/mol. The summed E-state index contributed by atoms with van der Waals surface area (Å²) in [6, 6.07) is 7.57. The molecule has 5 nitrogen and oxygen atoms in total. The largest absolute Gasteiger partial charge is 0.326 e. The number of nitrogens with one attached hydrogen (secondary N) is 1. The van der Waals surface area contributed by atoms with Gasteiger partial charge in [0.05, 0.1) is 0 Å². The number of benzene rings is 1. The predicted molar refractivity (Wildman–Crippen MR) is 81.9 cm³/mol. The minimum Gasteiger partial charge on any atom is -0.326 e. The normalized spacial score (nSPS) is 20.6. The molecule has 1 aliphatic rings. The van der Waals surface area contributed by atoms with Gasteiger partial charge in [-0.15, -0.1) is 0 Å². The highest BCUT2D eigenvalue weighted by atomic mass is 32.2. The highest BCUT2D eigenvalue weighted by Crippen LogP contribution is 2.28. The third-order valence-electron chi connectivity index (χ3n) is 3.12. The first-order chi connectivity index (χ1) is 9.52. The maximum atomic E-state index is 12.0. The highest BCUT2D eigenvalue weighted by molar-refractivity contribution is 8.15. The molecule has 106 valence electrons. The fraction of sp³-hybridized carbons (Fsp3) is 0.357. The zero-order valence-electron chi connectivity index (χ0n) is 11.7. The summed E-state index contributed by atoms with van der Waals surface area (Å²) < 4.78 is 0. The quantitative estimate of drug-likeness (QED) is 0.925. The molecule has 0 bridgehead atoms. The van der Waals surface area contributed by atoms with Gasteiger partial charge in [0.2, 0.25) is 11.8 Å². The van der Waals surface area contributed by atoms with E-state index < -0.39 is 0 Å². The van der Waals surface area contributed by atoms with E-state index in [-0.39, 0.29) is 23.5 Å². The van der Waals surface area contributed by atoms with Gasteiger partial charge in [0.15, 0.2) is 5.17 Å². The molecule has 6 heteroatoms. The lowest BCUT2D eigenvalue weighted by Crippen LogP contribution is -2.30. The van der Waals surface area contributed by atoms with Crippen molar-refractivity contribution in [1.29, 1.82) is 0 Å². The summed E-state index contributed by atoms with van der Waals surface area (Å²) >= 11 is 1.34. The van der Waals surface area contributed by atoms with E-state index in [0.717, 1.165) is 11.3 Å². The Labute approximate surface area is 122 Å². The van der Waals surface area contributed by atoms with Gasteiger partial charge in [0.25, 0.3) is 0 Å². The van der Waals surface area contributed by atoms with Gasteiger partial charge < -0.3 is 5.32 Å². The fourth-order valence-electron chi connectivity index (χ4n) is 1.98. The molecule has 0 spiro atoms. The molecule has 0 radical (unpaired) electrons. The summed E-state index contributed by atoms with van der Waals surface area (Å²) in [6.07, 6.45) is 0.154. The van der Waals surface area contributed by atoms with Crippen LogP contribution < -0.4 is 5.32 Å². The number of amides is 2. The molecule has 1 atom stereocenters. The Kier molecular flexibility index (Phi) is 4.44. The third kappa shape index (κ3) is 3.01. The van der Waals surface area contributed by atoms with Crippen LogP contribution in [0.25, 0.3) is 0 Å². The molecule has 1 aromatic carbocycles. The van der Waals surface area contributed by atoms with Gasteiger partial charge in [0, 0.05) is 26.2 Å². The molecule has 2 rings (SSSR count). The van der Waals surface area contributed by atoms with Crippen LogP contribution in [0.3, 0.4) is 0 Å². The Morgan fingerprint density at radius 1 is 1.45 bits per heavy atom. The Balaban J connectivity index is 1.99. The van der Waals surface area contributed by atoms with Gasteiger partial charge in [-0.25, -0.2) is 0 Å². The standard InChI is InChI=1S/C14H17N3O2S/c1-9-6-4-5-7-10(9)16-12(18)8-11-13(19)17(3)14(15-2)20-11/h4-7,11H,8H2,1-3H3,(H,16,18). The maximum Gasteiger partial charge on any atom is 0.242 e. The van der Waals surface area contributed by atoms with Crippen LogP contribution in [0.1, 0.15) is 12.0 Å². The second kappa shape index (κ2) is 6.09. The molecular formula is C14H17N3O2S. The number of nitrogens with zero attached hydrogens (tertiary/aromatic N) is 2. The maximum absolute atomic E-state index is 12.0. The highest BCUT2D eigenvalue weighted by Gasteiger charge is 2.36. The number of carbonyl (C=O) groups excluding carboxylic acids is 2. The molecule has 1 fully saturated rings. The van der Waals surface area contributed by atoms with Crippen LogP contribution in [-0.2, 0) is 9.59 Å². The average Bonchev–Trinajstić information content (AvgIpc) is 2.69. The summed E-state index contributed by atoms with van der Waals surface area (Å²) in [5, 5.41) is 3.11. The molecule has 1 heterocycles. The van der Waals surface area contributed by atoms with Crippen molar-refractivity contribution in [3.05, 3.63) is 29.8 Å². The lowest BCUT2D eigenvalue weighted by atomic mass is 10.2. The van der Waals surface area contributed by atoms with E-state index in [9.17, 15) is 9.59 Å². The molecule has 1 N–H and O–H groups in total. The van der Waals surface area contributed by atoms with Crippen molar-refractivity contribution in [1.82, 2.24) is 4.90 Å². The van der Waals surface area contributed by atoms with Crippen LogP contribution in [0.15, 0.2) is 29.3 Å². The summed E-state index contributed by atoms with van der Waals surface area (Å²) in [4.78, 5) is 29.5. The topological polar surface area (TPSA) is 61.8 Å². The Morgan fingerprint density at radius 3 is 2.75 bits per heavy atom. The minimum atomic E-state index is -0.386. The van der Waals surface area contributed by atoms with Gasteiger partial charge in [-0.1, -0.05) is 30.0 Å². The summed E-state index contributed by atoms with van der Waals surface area (Å²) in [5.74, 6) is -0.230. The smallest absolute Gasteiger partial charge is 0.242 e. The van der Waals surface area contributed by atoms with Crippen molar-refractivity contribution in [2.45, 2.75) is 18.6 Å². The number of aliphatic imine (C=N–C) groups is 1. The van der Waals surface area contributed by atoms with Crippen molar-refractivity contribution in [2.75, 3.05) is 19.4 Å². The lowest BCUT2D eigenvalue weighted by molar-refractivity contribution is -0.127. The number of aryl methyl sites for hydroxylation is 1. The molecular weight excluding hydrogens is 274 g/mol. The number of hydrogen-bond donors (Lipinski definition) is 1. The van der Waals surface area contributed by atoms with Gasteiger partial charge in [-0.05, 0) is 18.6 Å². The fourth-order valence-corrected chi connectivity index (χ4v) is 3.08. The molecule has 1 unspecified atom stereocenters. The third-order valence-corrected chi connectivity index (χ3v) is 4.44. The van der Waals surface area contributed by atoms with Crippen LogP contribution in [0.2, 0.25) is 0 Å². The zero-order chi connectivity index (χ0) is 14.7. The first-order valence-electron chi connectivity index (χ1n) is 6.29. The van der Waals surface area contributed by atoms with Gasteiger partial charge in [-0.2, -0.15) is 0 Å². The molecule has 1 aliphatic heterocycles. The Hall–Kier alpha value is -1.82. The molecule has 1 saturated heterocycles. The molecule has 1 aromatic rings. The van der Waals surface area contributed by atoms with Gasteiger partial charge >= 0.3 is 0 Å². The van der Waals surface area contributed by atoms with E-state index >= 15 is 0 Å². The van der Waals surface area contributed by atoms with Gasteiger partial charge in [-0.3, -0.25) is 19.5 Å². The van der Waals surface area contributed by atoms with Crippen molar-refractivity contribution >= 4 is 34.4 Å². The van der Waals surface area contributed by atoms with Gasteiger partial charge in [0.1, 0.15) is 5.25 Å². The van der Waals surface area contributed by atoms with Crippen molar-refractivity contribution in [2.24, 2.45) is 4.99 Å². The number of para-hydroxylation sites is 1. The lowest BCUT2D eigenvalue weighted by Gasteiger charge is -2.10. The predicted octanol–water partition coefficient (Wildman–Crippen LogP) is 1.88. The number of rotatable bonds is 3. The van der Waals surface area contributed by atoms with E-state index in [1.165, 1.54) is 16.7 Å². The minimum absolute atomic E-state index is 0.0736. The summed E-state index contributed by atoms with van der Waals surface area (Å²) in [5.41, 5.74) is 1.78. The van der Waals surface area contributed by atoms with Crippen LogP contribution >= 0.6 is 11.8 Å². The number of thioether (sulfide) groups is 1. The molecule has 2 amide bonds.